The van der Waals surface area contributed by atoms with E-state index in [0.29, 0.717) is 12.1 Å². The third-order valence-corrected chi connectivity index (χ3v) is 6.83. The molecule has 2 aromatic rings. The van der Waals surface area contributed by atoms with E-state index in [1.165, 1.54) is 18.2 Å². The number of halogens is 7. The van der Waals surface area contributed by atoms with Crippen LogP contribution >= 0.6 is 39.1 Å². The molecule has 2 aromatic carbocycles. The monoisotopic (exact) mass is 609 g/mol. The first-order valence-corrected chi connectivity index (χ1v) is 11.7. The summed E-state index contributed by atoms with van der Waals surface area (Å²) in [5.41, 5.74) is -2.72. The number of hydrogen-bond acceptors (Lipinski definition) is 6. The van der Waals surface area contributed by atoms with Crippen molar-refractivity contribution in [3.05, 3.63) is 67.4 Å². The third-order valence-electron chi connectivity index (χ3n) is 5.63. The minimum Gasteiger partial charge on any atom is -0.374 e. The van der Waals surface area contributed by atoms with E-state index in [1.54, 1.807) is 6.92 Å². The van der Waals surface area contributed by atoms with Crippen LogP contribution in [0.1, 0.15) is 41.3 Å². The SMILES string of the molecule is CC1=NOC(N(C=O)C(=O)c2ccc(C3=NO[C@@](c4cc(Cl)c(F)c(Cl)c4)(C(F)(F)F)C3)cc2Br)C1. The molecule has 36 heavy (non-hydrogen) atoms. The highest BCUT2D eigenvalue weighted by molar-refractivity contribution is 9.10. The summed E-state index contributed by atoms with van der Waals surface area (Å²) in [6, 6.07) is 5.63. The van der Waals surface area contributed by atoms with Crippen LogP contribution in [0.5, 0.6) is 0 Å². The van der Waals surface area contributed by atoms with E-state index in [4.69, 9.17) is 32.9 Å². The Kier molecular flexibility index (Phi) is 7.06. The van der Waals surface area contributed by atoms with Crippen LogP contribution in [-0.4, -0.2) is 41.0 Å². The maximum atomic E-state index is 14.2. The van der Waals surface area contributed by atoms with Gasteiger partial charge >= 0.3 is 6.18 Å². The second kappa shape index (κ2) is 9.64. The third kappa shape index (κ3) is 4.57. The van der Waals surface area contributed by atoms with Gasteiger partial charge in [-0.05, 0) is 47.1 Å². The molecule has 2 atom stereocenters. The van der Waals surface area contributed by atoms with Gasteiger partial charge in [0, 0.05) is 28.4 Å². The Morgan fingerprint density at radius 3 is 2.42 bits per heavy atom. The van der Waals surface area contributed by atoms with Gasteiger partial charge < -0.3 is 9.68 Å². The van der Waals surface area contributed by atoms with Crippen molar-refractivity contribution < 1.29 is 36.8 Å². The zero-order valence-electron chi connectivity index (χ0n) is 18.1. The zero-order valence-corrected chi connectivity index (χ0v) is 21.2. The minimum atomic E-state index is -4.97. The van der Waals surface area contributed by atoms with Gasteiger partial charge in [-0.2, -0.15) is 13.2 Å². The lowest BCUT2D eigenvalue weighted by Crippen LogP contribution is -2.42. The van der Waals surface area contributed by atoms with Crippen LogP contribution in [0.25, 0.3) is 0 Å². The Labute approximate surface area is 219 Å². The maximum Gasteiger partial charge on any atom is 0.435 e. The molecule has 0 saturated heterocycles. The highest BCUT2D eigenvalue weighted by atomic mass is 79.9. The standard InChI is InChI=1S/C22H14BrCl2F4N3O4/c1-10-4-18(35-30-10)32(9-33)20(34)13-3-2-11(5-14(13)23)17-8-21(36-31-17,22(27,28)29)12-6-15(24)19(26)16(25)7-12/h2-3,5-7,9,18H,4,8H2,1H3/t18?,21-/m0/s1. The maximum absolute atomic E-state index is 14.2. The predicted molar refractivity (Wildman–Crippen MR) is 125 cm³/mol. The number of amides is 2. The van der Waals surface area contributed by atoms with Crippen molar-refractivity contribution in [3.8, 4) is 0 Å². The van der Waals surface area contributed by atoms with Crippen LogP contribution in [0.2, 0.25) is 10.0 Å². The fourth-order valence-corrected chi connectivity index (χ4v) is 4.76. The van der Waals surface area contributed by atoms with Crippen molar-refractivity contribution in [3.63, 3.8) is 0 Å². The predicted octanol–water partition coefficient (Wildman–Crippen LogP) is 6.20. The second-order valence-electron chi connectivity index (χ2n) is 7.99. The molecule has 14 heteroatoms. The highest BCUT2D eigenvalue weighted by Crippen LogP contribution is 2.50. The van der Waals surface area contributed by atoms with Crippen molar-refractivity contribution in [2.24, 2.45) is 10.3 Å². The van der Waals surface area contributed by atoms with Gasteiger partial charge in [0.05, 0.1) is 27.0 Å². The number of carbonyl (C=O) groups is 2. The lowest BCUT2D eigenvalue weighted by Gasteiger charge is -2.29. The van der Waals surface area contributed by atoms with E-state index >= 15 is 0 Å². The summed E-state index contributed by atoms with van der Waals surface area (Å²) in [5, 5.41) is 6.15. The molecule has 7 nitrogen and oxygen atoms in total. The van der Waals surface area contributed by atoms with Crippen molar-refractivity contribution in [1.82, 2.24) is 4.90 Å². The van der Waals surface area contributed by atoms with Gasteiger partial charge in [0.25, 0.3) is 11.5 Å². The van der Waals surface area contributed by atoms with E-state index in [0.717, 1.165) is 17.0 Å². The lowest BCUT2D eigenvalue weighted by molar-refractivity contribution is -0.275. The Bertz CT molecular complexity index is 1300. The molecule has 2 heterocycles. The number of imide groups is 1. The van der Waals surface area contributed by atoms with E-state index in [-0.39, 0.29) is 27.7 Å². The summed E-state index contributed by atoms with van der Waals surface area (Å²) in [7, 11) is 0. The molecule has 2 amide bonds. The van der Waals surface area contributed by atoms with Crippen molar-refractivity contribution in [2.75, 3.05) is 0 Å². The first-order chi connectivity index (χ1) is 16.9. The zero-order chi connectivity index (χ0) is 26.4. The molecule has 2 aliphatic heterocycles. The van der Waals surface area contributed by atoms with Gasteiger partial charge in [0.1, 0.15) is 0 Å². The molecule has 0 fully saturated rings. The highest BCUT2D eigenvalue weighted by Gasteiger charge is 2.62. The fraction of sp³-hybridized carbons (Fsp3) is 0.273. The molecule has 2 aliphatic rings. The molecule has 0 aliphatic carbocycles. The van der Waals surface area contributed by atoms with Gasteiger partial charge in [-0.3, -0.25) is 9.59 Å². The molecule has 0 saturated carbocycles. The quantitative estimate of drug-likeness (QED) is 0.229. The molecule has 0 spiro atoms. The minimum absolute atomic E-state index is 0.0534. The van der Waals surface area contributed by atoms with Crippen LogP contribution < -0.4 is 0 Å². The molecule has 0 bridgehead atoms. The van der Waals surface area contributed by atoms with E-state index in [9.17, 15) is 27.2 Å². The number of carbonyl (C=O) groups excluding carboxylic acids is 2. The smallest absolute Gasteiger partial charge is 0.374 e. The first kappa shape index (κ1) is 26.4. The van der Waals surface area contributed by atoms with Crippen LogP contribution in [0.3, 0.4) is 0 Å². The van der Waals surface area contributed by atoms with Gasteiger partial charge in [-0.25, -0.2) is 9.29 Å². The number of nitrogens with zero attached hydrogens (tertiary/aromatic N) is 3. The second-order valence-corrected chi connectivity index (χ2v) is 9.66. The number of alkyl halides is 3. The van der Waals surface area contributed by atoms with Gasteiger partial charge in [0.2, 0.25) is 12.6 Å². The topological polar surface area (TPSA) is 80.6 Å². The van der Waals surface area contributed by atoms with E-state index in [1.807, 2.05) is 0 Å². The van der Waals surface area contributed by atoms with Gasteiger partial charge in [-0.1, -0.05) is 39.6 Å². The Morgan fingerprint density at radius 1 is 1.22 bits per heavy atom. The summed E-state index contributed by atoms with van der Waals surface area (Å²) in [6.07, 6.45) is -6.10. The van der Waals surface area contributed by atoms with E-state index in [2.05, 4.69) is 26.2 Å². The molecule has 0 N–H and O–H groups in total. The fourth-order valence-electron chi connectivity index (χ4n) is 3.73. The largest absolute Gasteiger partial charge is 0.435 e. The Hall–Kier alpha value is -2.70. The first-order valence-electron chi connectivity index (χ1n) is 10.1. The molecular formula is C22H14BrCl2F4N3O4. The van der Waals surface area contributed by atoms with Crippen molar-refractivity contribution in [1.29, 1.82) is 0 Å². The van der Waals surface area contributed by atoms with Gasteiger partial charge in [0.15, 0.2) is 5.82 Å². The van der Waals surface area contributed by atoms with Gasteiger partial charge in [-0.15, -0.1) is 0 Å². The summed E-state index contributed by atoms with van der Waals surface area (Å²) in [5.74, 6) is -1.76. The molecule has 1 unspecified atom stereocenters. The number of hydrogen-bond donors (Lipinski definition) is 0. The van der Waals surface area contributed by atoms with Crippen LogP contribution in [0, 0.1) is 5.82 Å². The number of oxime groups is 2. The normalized spacial score (nSPS) is 21.4. The average molecular weight is 611 g/mol. The Balaban J connectivity index is 1.62. The average Bonchev–Trinajstić information content (AvgIpc) is 3.45. The molecule has 0 aromatic heterocycles. The van der Waals surface area contributed by atoms with Crippen LogP contribution in [-0.2, 0) is 20.1 Å². The van der Waals surface area contributed by atoms with Crippen molar-refractivity contribution in [2.45, 2.75) is 37.8 Å². The number of benzene rings is 2. The van der Waals surface area contributed by atoms with Crippen LogP contribution in [0.4, 0.5) is 17.6 Å². The Morgan fingerprint density at radius 2 is 1.89 bits per heavy atom. The molecule has 0 radical (unpaired) electrons. The summed E-state index contributed by atoms with van der Waals surface area (Å²) >= 11 is 14.7. The molecular weight excluding hydrogens is 597 g/mol. The molecule has 190 valence electrons. The number of rotatable bonds is 5. The summed E-state index contributed by atoms with van der Waals surface area (Å²) in [4.78, 5) is 35.3. The van der Waals surface area contributed by atoms with Crippen LogP contribution in [0.15, 0.2) is 45.1 Å². The summed E-state index contributed by atoms with van der Waals surface area (Å²) < 4.78 is 56.7. The lowest BCUT2D eigenvalue weighted by atomic mass is 9.86. The van der Waals surface area contributed by atoms with E-state index < -0.39 is 51.8 Å². The summed E-state index contributed by atoms with van der Waals surface area (Å²) in [6.45, 7) is 1.68. The van der Waals surface area contributed by atoms with Crippen molar-refractivity contribution >= 4 is 62.9 Å². The molecule has 4 rings (SSSR count).